The lowest BCUT2D eigenvalue weighted by Crippen LogP contribution is -2.40. The molecule has 2 aliphatic rings. The van der Waals surface area contributed by atoms with Gasteiger partial charge < -0.3 is 14.6 Å². The summed E-state index contributed by atoms with van der Waals surface area (Å²) in [4.78, 5) is 30.0. The normalized spacial score (nSPS) is 18.3. The average molecular weight is 410 g/mol. The number of likely N-dealkylation sites (N-methyl/N-ethyl adjacent to an activating group) is 1. The number of hydrogen-bond donors (Lipinski definition) is 1. The van der Waals surface area contributed by atoms with Gasteiger partial charge in [-0.15, -0.1) is 0 Å². The molecule has 2 aromatic carbocycles. The van der Waals surface area contributed by atoms with Crippen molar-refractivity contribution in [3.05, 3.63) is 80.8 Å². The van der Waals surface area contributed by atoms with Gasteiger partial charge in [0.05, 0.1) is 24.6 Å². The molecule has 0 bridgehead atoms. The van der Waals surface area contributed by atoms with Crippen molar-refractivity contribution >= 4 is 16.7 Å². The van der Waals surface area contributed by atoms with Crippen molar-refractivity contribution in [2.45, 2.75) is 25.5 Å². The fraction of sp³-hybridized carbons (Fsp3) is 0.304. The highest BCUT2D eigenvalue weighted by atomic mass is 19.2. The quantitative estimate of drug-likeness (QED) is 0.706. The van der Waals surface area contributed by atoms with Gasteiger partial charge in [-0.25, -0.2) is 8.78 Å². The molecule has 1 aliphatic carbocycles. The third kappa shape index (κ3) is 2.92. The van der Waals surface area contributed by atoms with E-state index in [1.165, 1.54) is 11.1 Å². The number of halogens is 2. The Morgan fingerprint density at radius 1 is 1.10 bits per heavy atom. The molecule has 30 heavy (non-hydrogen) atoms. The number of benzene rings is 2. The summed E-state index contributed by atoms with van der Waals surface area (Å²) in [5, 5.41) is 0.379. The van der Waals surface area contributed by atoms with Crippen LogP contribution in [0.3, 0.4) is 0 Å². The summed E-state index contributed by atoms with van der Waals surface area (Å²) in [7, 11) is 1.70. The molecule has 5 nitrogen and oxygen atoms in total. The number of carbonyl (C=O) groups is 1. The van der Waals surface area contributed by atoms with E-state index in [0.29, 0.717) is 29.5 Å². The zero-order valence-electron chi connectivity index (χ0n) is 16.4. The highest BCUT2D eigenvalue weighted by molar-refractivity contribution is 5.87. The van der Waals surface area contributed by atoms with Gasteiger partial charge in [0.1, 0.15) is 0 Å². The van der Waals surface area contributed by atoms with Crippen molar-refractivity contribution in [1.29, 1.82) is 0 Å². The van der Waals surface area contributed by atoms with Gasteiger partial charge in [0.2, 0.25) is 5.91 Å². The molecule has 0 saturated heterocycles. The van der Waals surface area contributed by atoms with Gasteiger partial charge in [-0.05, 0) is 41.5 Å². The molecule has 0 unspecified atom stereocenters. The van der Waals surface area contributed by atoms with Crippen LogP contribution < -0.4 is 5.56 Å². The first-order valence-electron chi connectivity index (χ1n) is 9.89. The molecule has 0 saturated carbocycles. The Labute approximate surface area is 171 Å². The van der Waals surface area contributed by atoms with Gasteiger partial charge in [-0.2, -0.15) is 0 Å². The maximum atomic E-state index is 14.0. The minimum atomic E-state index is -1.08. The maximum Gasteiger partial charge on any atom is 0.256 e. The summed E-state index contributed by atoms with van der Waals surface area (Å²) in [6.45, 7) is 0.363. The number of ether oxygens (including phenoxy) is 1. The first kappa shape index (κ1) is 18.9. The number of rotatable bonds is 2. The highest BCUT2D eigenvalue weighted by Crippen LogP contribution is 2.36. The summed E-state index contributed by atoms with van der Waals surface area (Å²) in [6, 6.07) is 9.46. The molecule has 1 N–H and O–H groups in total. The largest absolute Gasteiger partial charge is 0.373 e. The van der Waals surface area contributed by atoms with Crippen molar-refractivity contribution < 1.29 is 18.3 Å². The molecular formula is C23H20F2N2O3. The lowest BCUT2D eigenvalue weighted by Gasteiger charge is -2.35. The summed E-state index contributed by atoms with van der Waals surface area (Å²) < 4.78 is 33.4. The number of fused-ring (bicyclic) bond motifs is 4. The second kappa shape index (κ2) is 7.02. The first-order chi connectivity index (χ1) is 14.4. The van der Waals surface area contributed by atoms with Crippen molar-refractivity contribution in [2.24, 2.45) is 5.92 Å². The molecule has 1 atom stereocenters. The fourth-order valence-electron chi connectivity index (χ4n) is 4.72. The number of nitrogens with zero attached hydrogens (tertiary/aromatic N) is 1. The second-order valence-corrected chi connectivity index (χ2v) is 8.01. The molecule has 0 radical (unpaired) electrons. The molecule has 0 spiro atoms. The van der Waals surface area contributed by atoms with Crippen LogP contribution in [0.1, 0.15) is 28.4 Å². The van der Waals surface area contributed by atoms with Crippen molar-refractivity contribution in [2.75, 3.05) is 13.7 Å². The van der Waals surface area contributed by atoms with Gasteiger partial charge in [0.25, 0.3) is 5.56 Å². The lowest BCUT2D eigenvalue weighted by molar-refractivity contribution is -0.138. The van der Waals surface area contributed by atoms with E-state index in [1.807, 2.05) is 24.3 Å². The maximum absolute atomic E-state index is 14.0. The Kier molecular flexibility index (Phi) is 4.43. The molecule has 0 fully saturated rings. The molecule has 5 rings (SSSR count). The van der Waals surface area contributed by atoms with Crippen LogP contribution in [0.5, 0.6) is 0 Å². The number of aromatic nitrogens is 1. The number of nitrogens with one attached hydrogen (secondary N) is 1. The summed E-state index contributed by atoms with van der Waals surface area (Å²) in [5.74, 6) is -2.32. The summed E-state index contributed by atoms with van der Waals surface area (Å²) in [5.41, 5.74) is 2.95. The molecular weight excluding hydrogens is 390 g/mol. The van der Waals surface area contributed by atoms with Crippen LogP contribution >= 0.6 is 0 Å². The van der Waals surface area contributed by atoms with Crippen molar-refractivity contribution in [3.63, 3.8) is 0 Å². The zero-order chi connectivity index (χ0) is 21.0. The third-order valence-electron chi connectivity index (χ3n) is 6.26. The summed E-state index contributed by atoms with van der Waals surface area (Å²) >= 11 is 0. The molecule has 1 aliphatic heterocycles. The minimum absolute atomic E-state index is 0.0328. The predicted octanol–water partition coefficient (Wildman–Crippen LogP) is 3.25. The van der Waals surface area contributed by atoms with E-state index < -0.39 is 23.2 Å². The van der Waals surface area contributed by atoms with Crippen LogP contribution in [-0.4, -0.2) is 29.4 Å². The molecule has 7 heteroatoms. The van der Waals surface area contributed by atoms with Gasteiger partial charge in [-0.1, -0.05) is 24.3 Å². The topological polar surface area (TPSA) is 62.4 Å². The number of H-pyrrole nitrogens is 1. The first-order valence-corrected chi connectivity index (χ1v) is 9.89. The lowest BCUT2D eigenvalue weighted by atomic mass is 9.94. The average Bonchev–Trinajstić information content (AvgIpc) is 3.18. The van der Waals surface area contributed by atoms with E-state index in [4.69, 9.17) is 4.74 Å². The van der Waals surface area contributed by atoms with Crippen LogP contribution in [-0.2, 0) is 29.0 Å². The van der Waals surface area contributed by atoms with Gasteiger partial charge in [-0.3, -0.25) is 9.59 Å². The Bertz CT molecular complexity index is 1210. The molecule has 154 valence electrons. The number of amides is 1. The van der Waals surface area contributed by atoms with Crippen molar-refractivity contribution in [3.8, 4) is 0 Å². The Morgan fingerprint density at radius 3 is 2.40 bits per heavy atom. The van der Waals surface area contributed by atoms with E-state index in [-0.39, 0.29) is 30.4 Å². The fourth-order valence-corrected chi connectivity index (χ4v) is 4.72. The van der Waals surface area contributed by atoms with Crippen LogP contribution in [0.25, 0.3) is 10.8 Å². The Balaban J connectivity index is 1.54. The van der Waals surface area contributed by atoms with E-state index in [0.717, 1.165) is 12.1 Å². The number of carbonyl (C=O) groups excluding carboxylic acids is 1. The SMILES string of the molecule is CN(C(=O)C1Cc2ccccc2C1)[C@@H]1COCc2[nH]c(=O)c3cc(F)c(F)cc3c21. The van der Waals surface area contributed by atoms with E-state index in [2.05, 4.69) is 4.98 Å². The van der Waals surface area contributed by atoms with Crippen molar-refractivity contribution in [1.82, 2.24) is 9.88 Å². The van der Waals surface area contributed by atoms with Crippen LogP contribution in [0.15, 0.2) is 41.2 Å². The Hall–Kier alpha value is -3.06. The zero-order valence-corrected chi connectivity index (χ0v) is 16.4. The number of aromatic amines is 1. The molecule has 1 aromatic heterocycles. The standard InChI is InChI=1S/C23H20F2N2O3/c1-27(23(29)14-6-12-4-2-3-5-13(12)7-14)20-11-30-10-19-21(20)15-8-17(24)18(25)9-16(15)22(28)26-19/h2-5,8-9,14,20H,6-7,10-11H2,1H3,(H,26,28)/t20-/m1/s1. The molecule has 2 heterocycles. The van der Waals surface area contributed by atoms with Crippen LogP contribution in [0, 0.1) is 17.6 Å². The van der Waals surface area contributed by atoms with Crippen LogP contribution in [0.4, 0.5) is 8.78 Å². The van der Waals surface area contributed by atoms with E-state index in [9.17, 15) is 18.4 Å². The third-order valence-corrected chi connectivity index (χ3v) is 6.26. The van der Waals surface area contributed by atoms with Gasteiger partial charge in [0.15, 0.2) is 11.6 Å². The summed E-state index contributed by atoms with van der Waals surface area (Å²) in [6.07, 6.45) is 1.35. The molecule has 1 amide bonds. The number of hydrogen-bond acceptors (Lipinski definition) is 3. The number of pyridine rings is 1. The van der Waals surface area contributed by atoms with Gasteiger partial charge in [0, 0.05) is 24.2 Å². The van der Waals surface area contributed by atoms with E-state index in [1.54, 1.807) is 11.9 Å². The van der Waals surface area contributed by atoms with Gasteiger partial charge >= 0.3 is 0 Å². The minimum Gasteiger partial charge on any atom is -0.373 e. The highest BCUT2D eigenvalue weighted by Gasteiger charge is 2.35. The molecule has 3 aromatic rings. The van der Waals surface area contributed by atoms with E-state index >= 15 is 0 Å². The smallest absolute Gasteiger partial charge is 0.256 e. The Morgan fingerprint density at radius 2 is 1.73 bits per heavy atom. The monoisotopic (exact) mass is 410 g/mol. The van der Waals surface area contributed by atoms with Crippen LogP contribution in [0.2, 0.25) is 0 Å². The second-order valence-electron chi connectivity index (χ2n) is 8.01. The predicted molar refractivity (Wildman–Crippen MR) is 107 cm³/mol.